The summed E-state index contributed by atoms with van der Waals surface area (Å²) >= 11 is 0. The Morgan fingerprint density at radius 2 is 1.39 bits per heavy atom. The third-order valence-electron chi connectivity index (χ3n) is 2.24. The standard InChI is InChI=1S/C10H7F6NO/c1-4-2-6(9(11,12)13)7(10(14,15)16)3-5(4)8(17)18/h2-3H,1H3,(H2,17,18). The van der Waals surface area contributed by atoms with Crippen LogP contribution in [0.1, 0.15) is 27.0 Å². The summed E-state index contributed by atoms with van der Waals surface area (Å²) in [6.45, 7) is 1.08. The Balaban J connectivity index is 3.64. The van der Waals surface area contributed by atoms with Gasteiger partial charge >= 0.3 is 12.4 Å². The zero-order valence-corrected chi connectivity index (χ0v) is 8.91. The molecule has 0 radical (unpaired) electrons. The van der Waals surface area contributed by atoms with Gasteiger partial charge in [0.25, 0.3) is 0 Å². The molecule has 2 N–H and O–H groups in total. The van der Waals surface area contributed by atoms with E-state index < -0.39 is 35.0 Å². The topological polar surface area (TPSA) is 43.1 Å². The normalized spacial score (nSPS) is 12.6. The van der Waals surface area contributed by atoms with E-state index in [2.05, 4.69) is 0 Å². The molecule has 0 aliphatic heterocycles. The SMILES string of the molecule is Cc1cc(C(F)(F)F)c(C(F)(F)F)cc1C(N)=O. The molecule has 1 rings (SSSR count). The number of carbonyl (C=O) groups is 1. The summed E-state index contributed by atoms with van der Waals surface area (Å²) in [6.07, 6.45) is -10.4. The Labute approximate surface area is 97.4 Å². The second-order valence-electron chi connectivity index (χ2n) is 3.57. The number of carbonyl (C=O) groups excluding carboxylic acids is 1. The highest BCUT2D eigenvalue weighted by Crippen LogP contribution is 2.41. The average molecular weight is 271 g/mol. The van der Waals surface area contributed by atoms with Crippen molar-refractivity contribution in [2.24, 2.45) is 5.73 Å². The van der Waals surface area contributed by atoms with Crippen LogP contribution in [0.15, 0.2) is 12.1 Å². The lowest BCUT2D eigenvalue weighted by atomic mass is 9.98. The summed E-state index contributed by atoms with van der Waals surface area (Å²) in [7, 11) is 0. The van der Waals surface area contributed by atoms with Gasteiger partial charge in [-0.2, -0.15) is 26.3 Å². The minimum atomic E-state index is -5.22. The van der Waals surface area contributed by atoms with Gasteiger partial charge < -0.3 is 5.73 Å². The Bertz CT molecular complexity index is 488. The minimum Gasteiger partial charge on any atom is -0.366 e. The maximum absolute atomic E-state index is 12.5. The van der Waals surface area contributed by atoms with Crippen molar-refractivity contribution in [2.75, 3.05) is 0 Å². The van der Waals surface area contributed by atoms with Gasteiger partial charge in [-0.15, -0.1) is 0 Å². The van der Waals surface area contributed by atoms with Crippen molar-refractivity contribution in [3.05, 3.63) is 34.4 Å². The quantitative estimate of drug-likeness (QED) is 0.783. The first-order valence-electron chi connectivity index (χ1n) is 4.53. The van der Waals surface area contributed by atoms with E-state index in [1.165, 1.54) is 0 Å². The van der Waals surface area contributed by atoms with Crippen LogP contribution in [-0.2, 0) is 12.4 Å². The van der Waals surface area contributed by atoms with Crippen LogP contribution in [0.2, 0.25) is 0 Å². The van der Waals surface area contributed by atoms with E-state index in [4.69, 9.17) is 5.73 Å². The lowest BCUT2D eigenvalue weighted by Crippen LogP contribution is -2.20. The maximum Gasteiger partial charge on any atom is 0.417 e. The molecule has 0 bridgehead atoms. The lowest BCUT2D eigenvalue weighted by molar-refractivity contribution is -0.162. The molecule has 8 heteroatoms. The molecule has 0 aliphatic rings. The number of halogens is 6. The molecule has 0 atom stereocenters. The highest BCUT2D eigenvalue weighted by molar-refractivity contribution is 5.94. The predicted octanol–water partition coefficient (Wildman–Crippen LogP) is 3.13. The largest absolute Gasteiger partial charge is 0.417 e. The number of hydrogen-bond donors (Lipinski definition) is 1. The van der Waals surface area contributed by atoms with Crippen molar-refractivity contribution < 1.29 is 31.1 Å². The molecule has 0 saturated carbocycles. The Kier molecular flexibility index (Phi) is 3.33. The number of primary amides is 1. The molecular weight excluding hydrogens is 264 g/mol. The molecule has 100 valence electrons. The molecule has 18 heavy (non-hydrogen) atoms. The number of nitrogens with two attached hydrogens (primary N) is 1. The minimum absolute atomic E-state index is 0.125. The first-order chi connectivity index (χ1) is 7.94. The van der Waals surface area contributed by atoms with Crippen LogP contribution in [0.5, 0.6) is 0 Å². The molecule has 0 spiro atoms. The number of rotatable bonds is 1. The molecular formula is C10H7F6NO. The zero-order chi connectivity index (χ0) is 14.3. The second kappa shape index (κ2) is 4.18. The first kappa shape index (κ1) is 14.3. The molecule has 0 aliphatic carbocycles. The highest BCUT2D eigenvalue weighted by Gasteiger charge is 2.43. The van der Waals surface area contributed by atoms with E-state index in [0.717, 1.165) is 6.92 Å². The molecule has 1 aromatic rings. The van der Waals surface area contributed by atoms with Gasteiger partial charge in [0.2, 0.25) is 5.91 Å². The number of hydrogen-bond acceptors (Lipinski definition) is 1. The first-order valence-corrected chi connectivity index (χ1v) is 4.53. The van der Waals surface area contributed by atoms with E-state index in [9.17, 15) is 31.1 Å². The van der Waals surface area contributed by atoms with Crippen LogP contribution in [0, 0.1) is 6.92 Å². The molecule has 0 unspecified atom stereocenters. The van der Waals surface area contributed by atoms with Crippen LogP contribution >= 0.6 is 0 Å². The number of aryl methyl sites for hydroxylation is 1. The van der Waals surface area contributed by atoms with E-state index in [1.54, 1.807) is 0 Å². The van der Waals surface area contributed by atoms with Gasteiger partial charge in [0.15, 0.2) is 0 Å². The third kappa shape index (κ3) is 2.74. The highest BCUT2D eigenvalue weighted by atomic mass is 19.4. The van der Waals surface area contributed by atoms with Crippen LogP contribution in [0.25, 0.3) is 0 Å². The summed E-state index contributed by atoms with van der Waals surface area (Å²) in [6, 6.07) is 0.392. The van der Waals surface area contributed by atoms with Crippen molar-refractivity contribution in [1.82, 2.24) is 0 Å². The Hall–Kier alpha value is -1.73. The molecule has 0 aromatic heterocycles. The monoisotopic (exact) mass is 271 g/mol. The molecule has 0 fully saturated rings. The summed E-state index contributed by atoms with van der Waals surface area (Å²) in [5.74, 6) is -1.22. The van der Waals surface area contributed by atoms with Gasteiger partial charge in [0.1, 0.15) is 0 Å². The van der Waals surface area contributed by atoms with Gasteiger partial charge in [-0.25, -0.2) is 0 Å². The summed E-state index contributed by atoms with van der Waals surface area (Å²) < 4.78 is 74.9. The average Bonchev–Trinajstić information content (AvgIpc) is 2.13. The molecule has 1 amide bonds. The van der Waals surface area contributed by atoms with Crippen molar-refractivity contribution in [2.45, 2.75) is 19.3 Å². The fourth-order valence-electron chi connectivity index (χ4n) is 1.44. The van der Waals surface area contributed by atoms with Crippen LogP contribution in [0.3, 0.4) is 0 Å². The Morgan fingerprint density at radius 3 is 1.72 bits per heavy atom. The van der Waals surface area contributed by atoms with Crippen LogP contribution in [0.4, 0.5) is 26.3 Å². The summed E-state index contributed by atoms with van der Waals surface area (Å²) in [4.78, 5) is 10.8. The van der Waals surface area contributed by atoms with Crippen LogP contribution < -0.4 is 5.73 Å². The fraction of sp³-hybridized carbons (Fsp3) is 0.300. The number of alkyl halides is 6. The van der Waals surface area contributed by atoms with E-state index in [-0.39, 0.29) is 17.7 Å². The fourth-order valence-corrected chi connectivity index (χ4v) is 1.44. The van der Waals surface area contributed by atoms with Gasteiger partial charge in [0.05, 0.1) is 11.1 Å². The van der Waals surface area contributed by atoms with Crippen LogP contribution in [-0.4, -0.2) is 5.91 Å². The second-order valence-corrected chi connectivity index (χ2v) is 3.57. The van der Waals surface area contributed by atoms with Crippen molar-refractivity contribution in [1.29, 1.82) is 0 Å². The smallest absolute Gasteiger partial charge is 0.366 e. The van der Waals surface area contributed by atoms with Gasteiger partial charge in [-0.1, -0.05) is 0 Å². The number of amides is 1. The van der Waals surface area contributed by atoms with E-state index in [0.29, 0.717) is 0 Å². The van der Waals surface area contributed by atoms with Crippen molar-refractivity contribution in [3.8, 4) is 0 Å². The molecule has 0 saturated heterocycles. The predicted molar refractivity (Wildman–Crippen MR) is 49.7 cm³/mol. The molecule has 2 nitrogen and oxygen atoms in total. The van der Waals surface area contributed by atoms with Gasteiger partial charge in [0, 0.05) is 5.56 Å². The summed E-state index contributed by atoms with van der Waals surface area (Å²) in [5, 5.41) is 0. The lowest BCUT2D eigenvalue weighted by Gasteiger charge is -2.17. The van der Waals surface area contributed by atoms with Gasteiger partial charge in [-0.05, 0) is 24.6 Å². The maximum atomic E-state index is 12.5. The molecule has 0 heterocycles. The zero-order valence-electron chi connectivity index (χ0n) is 8.91. The van der Waals surface area contributed by atoms with Crippen molar-refractivity contribution in [3.63, 3.8) is 0 Å². The summed E-state index contributed by atoms with van der Waals surface area (Å²) in [5.41, 5.74) is 0.192. The Morgan fingerprint density at radius 1 is 1.00 bits per heavy atom. The van der Waals surface area contributed by atoms with Gasteiger partial charge in [-0.3, -0.25) is 4.79 Å². The van der Waals surface area contributed by atoms with E-state index in [1.807, 2.05) is 0 Å². The molecule has 1 aromatic carbocycles. The van der Waals surface area contributed by atoms with E-state index >= 15 is 0 Å². The third-order valence-corrected chi connectivity index (χ3v) is 2.24. The van der Waals surface area contributed by atoms with Crippen molar-refractivity contribution >= 4 is 5.91 Å². The number of benzene rings is 1.